The minimum atomic E-state index is -0.406. The molecule has 0 unspecified atom stereocenters. The first-order valence-electron chi connectivity index (χ1n) is 8.00. The van der Waals surface area contributed by atoms with Crippen molar-refractivity contribution in [3.05, 3.63) is 65.7 Å². The Morgan fingerprint density at radius 2 is 1.67 bits per heavy atom. The van der Waals surface area contributed by atoms with Crippen molar-refractivity contribution in [2.75, 3.05) is 18.5 Å². The third-order valence-electron chi connectivity index (χ3n) is 4.40. The second-order valence-electron chi connectivity index (χ2n) is 5.85. The molecule has 0 bridgehead atoms. The van der Waals surface area contributed by atoms with Crippen LogP contribution in [0.4, 0.5) is 5.69 Å². The zero-order chi connectivity index (χ0) is 16.8. The molecule has 124 valence electrons. The lowest BCUT2D eigenvalue weighted by atomic mass is 9.82. The number of hydrogen-bond acceptors (Lipinski definition) is 3. The van der Waals surface area contributed by atoms with Gasteiger partial charge in [-0.15, -0.1) is 0 Å². The van der Waals surface area contributed by atoms with E-state index in [9.17, 15) is 9.59 Å². The second kappa shape index (κ2) is 7.27. The van der Waals surface area contributed by atoms with Crippen molar-refractivity contribution >= 4 is 18.0 Å². The van der Waals surface area contributed by atoms with Crippen LogP contribution in [0.3, 0.4) is 0 Å². The predicted molar refractivity (Wildman–Crippen MR) is 91.8 cm³/mol. The van der Waals surface area contributed by atoms with E-state index < -0.39 is 5.54 Å². The van der Waals surface area contributed by atoms with Crippen molar-refractivity contribution in [2.24, 2.45) is 0 Å². The third-order valence-corrected chi connectivity index (χ3v) is 4.40. The number of hydrogen-bond donors (Lipinski definition) is 2. The lowest BCUT2D eigenvalue weighted by Gasteiger charge is -2.38. The van der Waals surface area contributed by atoms with Gasteiger partial charge < -0.3 is 15.4 Å². The summed E-state index contributed by atoms with van der Waals surface area (Å²) in [6.07, 6.45) is 2.10. The van der Waals surface area contributed by atoms with E-state index in [0.717, 1.165) is 18.4 Å². The Morgan fingerprint density at radius 3 is 2.29 bits per heavy atom. The van der Waals surface area contributed by atoms with E-state index in [0.29, 0.717) is 30.9 Å². The van der Waals surface area contributed by atoms with Crippen LogP contribution in [-0.4, -0.2) is 25.5 Å². The Morgan fingerprint density at radius 1 is 1.00 bits per heavy atom. The minimum Gasteiger partial charge on any atom is -0.381 e. The molecule has 0 atom stereocenters. The summed E-state index contributed by atoms with van der Waals surface area (Å²) in [4.78, 5) is 23.2. The standard InChI is InChI=1S/C19H20N2O3/c22-14-20-17-8-6-15(7-9-17)18(23)21-19(10-12-24-13-11-19)16-4-2-1-3-5-16/h1-9,14H,10-13H2,(H,20,22)(H,21,23). The molecule has 1 aliphatic heterocycles. The van der Waals surface area contributed by atoms with Crippen LogP contribution < -0.4 is 10.6 Å². The van der Waals surface area contributed by atoms with Gasteiger partial charge >= 0.3 is 0 Å². The van der Waals surface area contributed by atoms with Crippen molar-refractivity contribution in [1.82, 2.24) is 5.32 Å². The first-order valence-corrected chi connectivity index (χ1v) is 8.00. The molecule has 0 aliphatic carbocycles. The van der Waals surface area contributed by atoms with Crippen molar-refractivity contribution in [3.63, 3.8) is 0 Å². The van der Waals surface area contributed by atoms with Gasteiger partial charge in [-0.25, -0.2) is 0 Å². The highest BCUT2D eigenvalue weighted by Crippen LogP contribution is 2.32. The van der Waals surface area contributed by atoms with Gasteiger partial charge in [0.1, 0.15) is 0 Å². The molecule has 2 aromatic carbocycles. The maximum absolute atomic E-state index is 12.7. The fourth-order valence-corrected chi connectivity index (χ4v) is 3.04. The molecular weight excluding hydrogens is 304 g/mol. The number of anilines is 1. The number of carbonyl (C=O) groups excluding carboxylic acids is 2. The lowest BCUT2D eigenvalue weighted by molar-refractivity contribution is -0.105. The summed E-state index contributed by atoms with van der Waals surface area (Å²) in [6, 6.07) is 16.9. The van der Waals surface area contributed by atoms with Crippen LogP contribution in [0.5, 0.6) is 0 Å². The maximum Gasteiger partial charge on any atom is 0.251 e. The van der Waals surface area contributed by atoms with Crippen LogP contribution in [0.25, 0.3) is 0 Å². The predicted octanol–water partition coefficient (Wildman–Crippen LogP) is 2.69. The van der Waals surface area contributed by atoms with Crippen LogP contribution in [0, 0.1) is 0 Å². The third kappa shape index (κ3) is 3.46. The SMILES string of the molecule is O=CNc1ccc(C(=O)NC2(c3ccccc3)CCOCC2)cc1. The van der Waals surface area contributed by atoms with Crippen LogP contribution in [-0.2, 0) is 15.1 Å². The van der Waals surface area contributed by atoms with Crippen molar-refractivity contribution in [1.29, 1.82) is 0 Å². The van der Waals surface area contributed by atoms with Gasteiger partial charge in [-0.2, -0.15) is 0 Å². The molecule has 3 rings (SSSR count). The molecule has 0 aromatic heterocycles. The highest BCUT2D eigenvalue weighted by Gasteiger charge is 2.36. The molecule has 1 saturated heterocycles. The first kappa shape index (κ1) is 16.2. The molecule has 5 nitrogen and oxygen atoms in total. The number of ether oxygens (including phenoxy) is 1. The zero-order valence-corrected chi connectivity index (χ0v) is 13.3. The maximum atomic E-state index is 12.7. The van der Waals surface area contributed by atoms with Crippen LogP contribution in [0.1, 0.15) is 28.8 Å². The summed E-state index contributed by atoms with van der Waals surface area (Å²) in [5.74, 6) is -0.126. The molecule has 2 aromatic rings. The molecule has 5 heteroatoms. The van der Waals surface area contributed by atoms with Gasteiger partial charge in [-0.3, -0.25) is 9.59 Å². The first-order chi connectivity index (χ1) is 11.7. The highest BCUT2D eigenvalue weighted by atomic mass is 16.5. The van der Waals surface area contributed by atoms with Crippen molar-refractivity contribution in [3.8, 4) is 0 Å². The number of amides is 2. The monoisotopic (exact) mass is 324 g/mol. The van der Waals surface area contributed by atoms with E-state index >= 15 is 0 Å². The Hall–Kier alpha value is -2.66. The average molecular weight is 324 g/mol. The topological polar surface area (TPSA) is 67.4 Å². The molecule has 1 fully saturated rings. The van der Waals surface area contributed by atoms with Crippen LogP contribution >= 0.6 is 0 Å². The van der Waals surface area contributed by atoms with Crippen molar-refractivity contribution in [2.45, 2.75) is 18.4 Å². The molecule has 1 aliphatic rings. The molecule has 1 heterocycles. The number of carbonyl (C=O) groups is 2. The Labute approximate surface area is 141 Å². The number of rotatable bonds is 5. The average Bonchev–Trinajstić information content (AvgIpc) is 2.64. The Kier molecular flexibility index (Phi) is 4.91. The van der Waals surface area contributed by atoms with Gasteiger partial charge in [0.15, 0.2) is 0 Å². The second-order valence-corrected chi connectivity index (χ2v) is 5.85. The molecule has 0 spiro atoms. The Bertz CT molecular complexity index is 692. The Balaban J connectivity index is 1.82. The minimum absolute atomic E-state index is 0.126. The fourth-order valence-electron chi connectivity index (χ4n) is 3.04. The molecule has 24 heavy (non-hydrogen) atoms. The van der Waals surface area contributed by atoms with Gasteiger partial charge in [0.2, 0.25) is 6.41 Å². The number of benzene rings is 2. The van der Waals surface area contributed by atoms with E-state index in [4.69, 9.17) is 4.74 Å². The zero-order valence-electron chi connectivity index (χ0n) is 13.3. The van der Waals surface area contributed by atoms with Crippen LogP contribution in [0.15, 0.2) is 54.6 Å². The largest absolute Gasteiger partial charge is 0.381 e. The van der Waals surface area contributed by atoms with Gasteiger partial charge in [-0.1, -0.05) is 30.3 Å². The van der Waals surface area contributed by atoms with Crippen LogP contribution in [0.2, 0.25) is 0 Å². The summed E-state index contributed by atoms with van der Waals surface area (Å²) < 4.78 is 5.48. The van der Waals surface area contributed by atoms with E-state index in [-0.39, 0.29) is 5.91 Å². The van der Waals surface area contributed by atoms with E-state index in [1.165, 1.54) is 0 Å². The van der Waals surface area contributed by atoms with Gasteiger partial charge in [0.05, 0.1) is 5.54 Å². The lowest BCUT2D eigenvalue weighted by Crippen LogP contribution is -2.49. The quantitative estimate of drug-likeness (QED) is 0.831. The molecule has 2 amide bonds. The summed E-state index contributed by atoms with van der Waals surface area (Å²) in [6.45, 7) is 1.24. The molecular formula is C19H20N2O3. The van der Waals surface area contributed by atoms with Crippen molar-refractivity contribution < 1.29 is 14.3 Å². The smallest absolute Gasteiger partial charge is 0.251 e. The summed E-state index contributed by atoms with van der Waals surface area (Å²) in [5.41, 5.74) is 1.91. The van der Waals surface area contributed by atoms with E-state index in [1.807, 2.05) is 30.3 Å². The summed E-state index contributed by atoms with van der Waals surface area (Å²) in [7, 11) is 0. The van der Waals surface area contributed by atoms with Gasteiger partial charge in [0, 0.05) is 24.5 Å². The van der Waals surface area contributed by atoms with Gasteiger partial charge in [-0.05, 0) is 42.7 Å². The number of nitrogens with one attached hydrogen (secondary N) is 2. The van der Waals surface area contributed by atoms with Gasteiger partial charge in [0.25, 0.3) is 5.91 Å². The van der Waals surface area contributed by atoms with E-state index in [1.54, 1.807) is 24.3 Å². The normalized spacial score (nSPS) is 16.2. The molecule has 0 radical (unpaired) electrons. The van der Waals surface area contributed by atoms with E-state index in [2.05, 4.69) is 10.6 Å². The highest BCUT2D eigenvalue weighted by molar-refractivity contribution is 5.95. The molecule has 0 saturated carbocycles. The summed E-state index contributed by atoms with van der Waals surface area (Å²) >= 11 is 0. The molecule has 2 N–H and O–H groups in total. The summed E-state index contributed by atoms with van der Waals surface area (Å²) in [5, 5.41) is 5.77. The fraction of sp³-hybridized carbons (Fsp3) is 0.263.